The van der Waals surface area contributed by atoms with Gasteiger partial charge in [-0.1, -0.05) is 11.8 Å². The number of aromatic nitrogens is 3. The molecule has 1 aliphatic carbocycles. The van der Waals surface area contributed by atoms with Gasteiger partial charge in [0.25, 0.3) is 0 Å². The average molecular weight is 499 g/mol. The first-order chi connectivity index (χ1) is 16.2. The number of methoxy groups -OCH3 is 1. The van der Waals surface area contributed by atoms with E-state index in [0.717, 1.165) is 47.9 Å². The molecule has 186 valence electrons. The Morgan fingerprint density at radius 3 is 2.59 bits per heavy atom. The Bertz CT molecular complexity index is 973. The highest BCUT2D eigenvalue weighted by atomic mass is 32.2. The van der Waals surface area contributed by atoms with Crippen LogP contribution in [0.25, 0.3) is 11.4 Å². The first kappa shape index (κ1) is 24.8. The minimum absolute atomic E-state index is 0.000309. The van der Waals surface area contributed by atoms with Gasteiger partial charge in [0.15, 0.2) is 11.0 Å². The maximum atomic E-state index is 13.2. The number of benzene rings is 1. The first-order valence-electron chi connectivity index (χ1n) is 11.4. The fraction of sp³-hybridized carbons (Fsp3) is 0.609. The van der Waals surface area contributed by atoms with Gasteiger partial charge in [0.1, 0.15) is 12.3 Å². The quantitative estimate of drug-likeness (QED) is 0.452. The monoisotopic (exact) mass is 498 g/mol. The zero-order valence-corrected chi connectivity index (χ0v) is 20.1. The summed E-state index contributed by atoms with van der Waals surface area (Å²) in [5.41, 5.74) is 0.825. The van der Waals surface area contributed by atoms with Gasteiger partial charge < -0.3 is 14.4 Å². The molecule has 1 aliphatic heterocycles. The van der Waals surface area contributed by atoms with Crippen LogP contribution in [0.5, 0.6) is 5.75 Å². The molecule has 11 heteroatoms. The van der Waals surface area contributed by atoms with Crippen molar-refractivity contribution in [2.75, 3.05) is 26.0 Å². The Balaban J connectivity index is 1.52. The number of amides is 1. The topological polar surface area (TPSA) is 69.5 Å². The molecule has 4 rings (SSSR count). The molecule has 1 amide bonds. The molecule has 0 radical (unpaired) electrons. The molecule has 2 fully saturated rings. The zero-order chi connectivity index (χ0) is 24.3. The molecule has 1 aromatic heterocycles. The van der Waals surface area contributed by atoms with Crippen molar-refractivity contribution in [3.63, 3.8) is 0 Å². The van der Waals surface area contributed by atoms with Crippen molar-refractivity contribution < 1.29 is 27.4 Å². The summed E-state index contributed by atoms with van der Waals surface area (Å²) in [6.07, 6.45) is -0.850. The number of halogens is 3. The van der Waals surface area contributed by atoms with Crippen LogP contribution in [0, 0.1) is 5.92 Å². The third kappa shape index (κ3) is 6.24. The average Bonchev–Trinajstić information content (AvgIpc) is 3.40. The van der Waals surface area contributed by atoms with Gasteiger partial charge in [-0.2, -0.15) is 13.2 Å². The Labute approximate surface area is 201 Å². The lowest BCUT2D eigenvalue weighted by molar-refractivity contribution is -0.164. The lowest BCUT2D eigenvalue weighted by Crippen LogP contribution is -2.46. The molecular weight excluding hydrogens is 469 g/mol. The predicted molar refractivity (Wildman–Crippen MR) is 122 cm³/mol. The molecule has 2 atom stereocenters. The Hall–Kier alpha value is -2.27. The Morgan fingerprint density at radius 1 is 1.26 bits per heavy atom. The molecular formula is C23H29F3N4O3S. The number of hydrogen-bond donors (Lipinski definition) is 0. The van der Waals surface area contributed by atoms with Crippen molar-refractivity contribution in [1.82, 2.24) is 19.7 Å². The maximum Gasteiger partial charge on any atom is 0.406 e. The number of ether oxygens (including phenoxy) is 2. The fourth-order valence-corrected chi connectivity index (χ4v) is 5.03. The van der Waals surface area contributed by atoms with Crippen molar-refractivity contribution in [3.05, 3.63) is 24.3 Å². The smallest absolute Gasteiger partial charge is 0.406 e. The van der Waals surface area contributed by atoms with Gasteiger partial charge in [-0.15, -0.1) is 10.2 Å². The summed E-state index contributed by atoms with van der Waals surface area (Å²) in [6.45, 7) is 1.67. The molecule has 2 aromatic rings. The van der Waals surface area contributed by atoms with E-state index in [9.17, 15) is 18.0 Å². The standard InChI is InChI=1S/C23H29F3N4O3S/c1-15(16-5-6-16)30(14-23(24,25)26)20(31)13-34-22-28-27-21(17-7-9-18(32-2)10-8-17)29(22)12-19-4-3-11-33-19/h7-10,15-16,19H,3-6,11-14H2,1-2H3. The van der Waals surface area contributed by atoms with Crippen LogP contribution < -0.4 is 4.74 Å². The van der Waals surface area contributed by atoms with E-state index in [1.54, 1.807) is 14.0 Å². The van der Waals surface area contributed by atoms with Crippen molar-refractivity contribution in [2.45, 2.75) is 62.6 Å². The molecule has 0 bridgehead atoms. The molecule has 2 heterocycles. The van der Waals surface area contributed by atoms with Crippen molar-refractivity contribution in [2.24, 2.45) is 5.92 Å². The van der Waals surface area contributed by atoms with Gasteiger partial charge in [-0.05, 0) is 62.8 Å². The summed E-state index contributed by atoms with van der Waals surface area (Å²) in [4.78, 5) is 13.8. The van der Waals surface area contributed by atoms with Gasteiger partial charge in [-0.3, -0.25) is 9.36 Å². The lowest BCUT2D eigenvalue weighted by Gasteiger charge is -2.30. The van der Waals surface area contributed by atoms with Crippen LogP contribution in [0.4, 0.5) is 13.2 Å². The summed E-state index contributed by atoms with van der Waals surface area (Å²) < 4.78 is 52.4. The van der Waals surface area contributed by atoms with Gasteiger partial charge >= 0.3 is 6.18 Å². The van der Waals surface area contributed by atoms with Crippen LogP contribution in [0.2, 0.25) is 0 Å². The van der Waals surface area contributed by atoms with Crippen LogP contribution in [0.15, 0.2) is 29.4 Å². The summed E-state index contributed by atoms with van der Waals surface area (Å²) in [5, 5.41) is 9.09. The molecule has 1 aromatic carbocycles. The minimum Gasteiger partial charge on any atom is -0.497 e. The second kappa shape index (κ2) is 10.6. The van der Waals surface area contributed by atoms with Gasteiger partial charge in [-0.25, -0.2) is 0 Å². The number of alkyl halides is 3. The lowest BCUT2D eigenvalue weighted by atomic mass is 10.2. The normalized spacial score (nSPS) is 19.3. The zero-order valence-electron chi connectivity index (χ0n) is 19.3. The Morgan fingerprint density at radius 2 is 2.00 bits per heavy atom. The van der Waals surface area contributed by atoms with Gasteiger partial charge in [0.2, 0.25) is 5.91 Å². The summed E-state index contributed by atoms with van der Waals surface area (Å²) in [5.74, 6) is 0.787. The SMILES string of the molecule is COc1ccc(-c2nnc(SCC(=O)N(CC(F)(F)F)C(C)C3CC3)n2CC2CCCO2)cc1. The summed E-state index contributed by atoms with van der Waals surface area (Å²) >= 11 is 1.12. The van der Waals surface area contributed by atoms with E-state index in [1.165, 1.54) is 0 Å². The molecule has 2 unspecified atom stereocenters. The third-order valence-corrected chi connectivity index (χ3v) is 7.22. The van der Waals surface area contributed by atoms with Crippen LogP contribution in [0.3, 0.4) is 0 Å². The van der Waals surface area contributed by atoms with Gasteiger partial charge in [0.05, 0.1) is 25.5 Å². The molecule has 2 aliphatic rings. The fourth-order valence-electron chi connectivity index (χ4n) is 4.20. The summed E-state index contributed by atoms with van der Waals surface area (Å²) in [6, 6.07) is 6.96. The van der Waals surface area contributed by atoms with Crippen LogP contribution in [-0.4, -0.2) is 69.9 Å². The number of hydrogen-bond acceptors (Lipinski definition) is 6. The van der Waals surface area contributed by atoms with Crippen LogP contribution in [-0.2, 0) is 16.1 Å². The molecule has 1 saturated carbocycles. The first-order valence-corrected chi connectivity index (χ1v) is 12.4. The number of rotatable bonds is 10. The van der Waals surface area contributed by atoms with Crippen molar-refractivity contribution in [3.8, 4) is 17.1 Å². The molecule has 1 saturated heterocycles. The van der Waals surface area contributed by atoms with E-state index >= 15 is 0 Å². The van der Waals surface area contributed by atoms with Crippen molar-refractivity contribution in [1.29, 1.82) is 0 Å². The second-order valence-corrected chi connectivity index (χ2v) is 9.73. The maximum absolute atomic E-state index is 13.2. The molecule has 34 heavy (non-hydrogen) atoms. The van der Waals surface area contributed by atoms with Gasteiger partial charge in [0, 0.05) is 18.2 Å². The second-order valence-electron chi connectivity index (χ2n) is 8.78. The Kier molecular flexibility index (Phi) is 7.71. The van der Waals surface area contributed by atoms with E-state index in [1.807, 2.05) is 28.8 Å². The van der Waals surface area contributed by atoms with E-state index < -0.39 is 24.7 Å². The van der Waals surface area contributed by atoms with E-state index in [4.69, 9.17) is 9.47 Å². The molecule has 0 spiro atoms. The number of carbonyl (C=O) groups is 1. The molecule has 0 N–H and O–H groups in total. The van der Waals surface area contributed by atoms with Crippen molar-refractivity contribution >= 4 is 17.7 Å². The van der Waals surface area contributed by atoms with Crippen LogP contribution in [0.1, 0.15) is 32.6 Å². The minimum atomic E-state index is -4.44. The summed E-state index contributed by atoms with van der Waals surface area (Å²) in [7, 11) is 1.59. The highest BCUT2D eigenvalue weighted by Crippen LogP contribution is 2.37. The largest absolute Gasteiger partial charge is 0.497 e. The van der Waals surface area contributed by atoms with E-state index in [0.29, 0.717) is 29.9 Å². The molecule has 7 nitrogen and oxygen atoms in total. The number of carbonyl (C=O) groups excluding carboxylic acids is 1. The highest BCUT2D eigenvalue weighted by Gasteiger charge is 2.40. The van der Waals surface area contributed by atoms with Crippen LogP contribution >= 0.6 is 11.8 Å². The number of nitrogens with zero attached hydrogens (tertiary/aromatic N) is 4. The van der Waals surface area contributed by atoms with E-state index in [-0.39, 0.29) is 17.8 Å². The number of thioether (sulfide) groups is 1. The highest BCUT2D eigenvalue weighted by molar-refractivity contribution is 7.99. The predicted octanol–water partition coefficient (Wildman–Crippen LogP) is 4.41. The third-order valence-electron chi connectivity index (χ3n) is 6.27. The van der Waals surface area contributed by atoms with E-state index in [2.05, 4.69) is 10.2 Å².